The summed E-state index contributed by atoms with van der Waals surface area (Å²) in [5.41, 5.74) is 4.71. The number of nitrogen functional groups attached to an aromatic ring is 1. The predicted octanol–water partition coefficient (Wildman–Crippen LogP) is 1.41. The van der Waals surface area contributed by atoms with Gasteiger partial charge in [0.2, 0.25) is 5.95 Å². The van der Waals surface area contributed by atoms with Crippen LogP contribution in [0.25, 0.3) is 11.2 Å². The number of imidazole rings is 1. The summed E-state index contributed by atoms with van der Waals surface area (Å²) in [4.78, 5) is 15.0. The van der Waals surface area contributed by atoms with Crippen LogP contribution in [0.15, 0.2) is 6.33 Å². The van der Waals surface area contributed by atoms with Gasteiger partial charge in [0.05, 0.1) is 12.9 Å². The summed E-state index contributed by atoms with van der Waals surface area (Å²) in [5.74, 6) is 0.683. The number of alkyl halides is 1. The van der Waals surface area contributed by atoms with Crippen molar-refractivity contribution in [1.29, 1.82) is 0 Å². The van der Waals surface area contributed by atoms with E-state index in [0.29, 0.717) is 17.0 Å². The first kappa shape index (κ1) is 18.2. The second kappa shape index (κ2) is 6.07. The summed E-state index contributed by atoms with van der Waals surface area (Å²) in [7, 11) is -2.63. The molecule has 0 spiro atoms. The minimum absolute atomic E-state index is 0.0654. The molecule has 11 nitrogen and oxygen atoms in total. The number of phosphoric ester groups is 1. The van der Waals surface area contributed by atoms with E-state index in [1.165, 1.54) is 24.9 Å². The van der Waals surface area contributed by atoms with Gasteiger partial charge in [-0.1, -0.05) is 0 Å². The molecule has 13 heteroatoms. The zero-order chi connectivity index (χ0) is 19.7. The molecule has 2 aromatic heterocycles. The summed E-state index contributed by atoms with van der Waals surface area (Å²) in [6.45, 7) is 2.90. The molecule has 0 unspecified atom stereocenters. The van der Waals surface area contributed by atoms with E-state index in [2.05, 4.69) is 15.0 Å². The fourth-order valence-corrected chi connectivity index (χ4v) is 4.98. The largest absolute Gasteiger partial charge is 0.475 e. The van der Waals surface area contributed by atoms with Crippen LogP contribution in [-0.4, -0.2) is 64.2 Å². The van der Waals surface area contributed by atoms with Crippen LogP contribution < -0.4 is 10.6 Å². The van der Waals surface area contributed by atoms with Gasteiger partial charge in [-0.2, -0.15) is 9.97 Å². The van der Waals surface area contributed by atoms with E-state index < -0.39 is 31.9 Å². The highest BCUT2D eigenvalue weighted by atomic mass is 31.2. The molecule has 3 saturated heterocycles. The topological polar surface area (TPSA) is 127 Å². The highest BCUT2D eigenvalue weighted by molar-refractivity contribution is 7.48. The van der Waals surface area contributed by atoms with E-state index in [0.717, 1.165) is 19.5 Å². The normalized spacial score (nSPS) is 37.8. The first-order chi connectivity index (χ1) is 13.3. The number of halogens is 1. The van der Waals surface area contributed by atoms with Gasteiger partial charge in [-0.15, -0.1) is 0 Å². The van der Waals surface area contributed by atoms with Crippen molar-refractivity contribution in [3.63, 3.8) is 0 Å². The summed E-state index contributed by atoms with van der Waals surface area (Å²) in [6, 6.07) is 0. The number of ether oxygens (including phenoxy) is 1. The van der Waals surface area contributed by atoms with E-state index in [1.54, 1.807) is 0 Å². The molecule has 2 aromatic rings. The van der Waals surface area contributed by atoms with E-state index in [4.69, 9.17) is 24.0 Å². The van der Waals surface area contributed by atoms with Crippen molar-refractivity contribution < 1.29 is 27.3 Å². The van der Waals surface area contributed by atoms with Crippen molar-refractivity contribution in [3.8, 4) is 0 Å². The quantitative estimate of drug-likeness (QED) is 0.737. The number of phosphoric acid groups is 1. The first-order valence-electron chi connectivity index (χ1n) is 8.90. The van der Waals surface area contributed by atoms with Gasteiger partial charge in [-0.25, -0.2) is 13.9 Å². The third-order valence-electron chi connectivity index (χ3n) is 5.37. The van der Waals surface area contributed by atoms with Crippen LogP contribution in [0.1, 0.15) is 19.6 Å². The molecular formula is C15H20FN6O5P. The lowest BCUT2D eigenvalue weighted by molar-refractivity contribution is -0.0686. The Morgan fingerprint density at radius 1 is 1.43 bits per heavy atom. The molecule has 28 heavy (non-hydrogen) atoms. The molecule has 5 rings (SSSR count). The highest BCUT2D eigenvalue weighted by Crippen LogP contribution is 2.59. The van der Waals surface area contributed by atoms with Gasteiger partial charge in [-0.05, 0) is 13.3 Å². The van der Waals surface area contributed by atoms with E-state index >= 15 is 4.39 Å². The van der Waals surface area contributed by atoms with Crippen LogP contribution >= 0.6 is 7.82 Å². The molecule has 3 fully saturated rings. The van der Waals surface area contributed by atoms with Crippen molar-refractivity contribution in [2.45, 2.75) is 37.4 Å². The highest BCUT2D eigenvalue weighted by Gasteiger charge is 2.61. The summed E-state index contributed by atoms with van der Waals surface area (Å²) < 4.78 is 50.6. The lowest BCUT2D eigenvalue weighted by atomic mass is 9.98. The van der Waals surface area contributed by atoms with E-state index in [9.17, 15) is 4.57 Å². The van der Waals surface area contributed by atoms with Gasteiger partial charge in [0.25, 0.3) is 0 Å². The van der Waals surface area contributed by atoms with Gasteiger partial charge in [-0.3, -0.25) is 18.1 Å². The van der Waals surface area contributed by atoms with Crippen molar-refractivity contribution in [3.05, 3.63) is 6.33 Å². The summed E-state index contributed by atoms with van der Waals surface area (Å²) >= 11 is 0. The minimum Gasteiger partial charge on any atom is -0.368 e. The van der Waals surface area contributed by atoms with Gasteiger partial charge in [0, 0.05) is 20.2 Å². The Balaban J connectivity index is 1.55. The second-order valence-electron chi connectivity index (χ2n) is 7.20. The lowest BCUT2D eigenvalue weighted by Gasteiger charge is -2.33. The van der Waals surface area contributed by atoms with Crippen molar-refractivity contribution in [2.75, 3.05) is 37.4 Å². The van der Waals surface area contributed by atoms with E-state index in [-0.39, 0.29) is 12.6 Å². The summed E-state index contributed by atoms with van der Waals surface area (Å²) in [6.07, 6.45) is -0.524. The number of fused-ring (bicyclic) bond motifs is 2. The Bertz CT molecular complexity index is 981. The van der Waals surface area contributed by atoms with Crippen LogP contribution in [0.3, 0.4) is 0 Å². The number of hydrogen-bond donors (Lipinski definition) is 1. The molecule has 0 radical (unpaired) electrons. The molecule has 3 aliphatic rings. The van der Waals surface area contributed by atoms with Crippen LogP contribution in [0, 0.1) is 0 Å². The average molecular weight is 414 g/mol. The first-order valence-corrected chi connectivity index (χ1v) is 10.4. The zero-order valence-electron chi connectivity index (χ0n) is 15.3. The van der Waals surface area contributed by atoms with Crippen molar-refractivity contribution >= 4 is 30.8 Å². The Kier molecular flexibility index (Phi) is 3.95. The van der Waals surface area contributed by atoms with Gasteiger partial charge in [0.15, 0.2) is 28.9 Å². The Morgan fingerprint density at radius 2 is 2.21 bits per heavy atom. The van der Waals surface area contributed by atoms with Crippen LogP contribution in [0.2, 0.25) is 0 Å². The lowest BCUT2D eigenvalue weighted by Crippen LogP contribution is -2.44. The van der Waals surface area contributed by atoms with Crippen LogP contribution in [-0.2, 0) is 22.9 Å². The molecule has 3 aliphatic heterocycles. The van der Waals surface area contributed by atoms with Gasteiger partial charge < -0.3 is 15.4 Å². The summed E-state index contributed by atoms with van der Waals surface area (Å²) in [5, 5.41) is 0. The predicted molar refractivity (Wildman–Crippen MR) is 95.4 cm³/mol. The number of anilines is 2. The Morgan fingerprint density at radius 3 is 2.89 bits per heavy atom. The number of hydrogen-bond acceptors (Lipinski definition) is 10. The molecule has 5 atom stereocenters. The maximum Gasteiger partial charge on any atom is 0.475 e. The molecule has 152 valence electrons. The Labute approximate surface area is 159 Å². The molecule has 5 heterocycles. The standard InChI is InChI=1S/C15H20FN6O5P/c1-15(16)10-8(6-25-28(23,24-2)27-10)26-13(15)22-7-18-9-11(21-4-3-5-21)19-14(17)20-12(9)22/h7-8,10,13H,3-6H2,1-2H3,(H2,17,19,20)/t8-,10-,13-,15-,28-/m1/s1. The molecule has 0 aromatic carbocycles. The fraction of sp³-hybridized carbons (Fsp3) is 0.667. The fourth-order valence-electron chi connectivity index (χ4n) is 3.78. The molecule has 0 amide bonds. The maximum absolute atomic E-state index is 15.8. The monoisotopic (exact) mass is 414 g/mol. The average Bonchev–Trinajstić information content (AvgIpc) is 3.12. The third-order valence-corrected chi connectivity index (χ3v) is 6.77. The smallest absolute Gasteiger partial charge is 0.368 e. The van der Waals surface area contributed by atoms with Crippen LogP contribution in [0.4, 0.5) is 16.2 Å². The van der Waals surface area contributed by atoms with E-state index in [1.807, 2.05) is 4.90 Å². The maximum atomic E-state index is 15.8. The van der Waals surface area contributed by atoms with Crippen molar-refractivity contribution in [2.24, 2.45) is 0 Å². The number of nitrogens with two attached hydrogens (primary N) is 1. The number of aromatic nitrogens is 4. The molecule has 0 saturated carbocycles. The third kappa shape index (κ3) is 2.56. The van der Waals surface area contributed by atoms with Crippen molar-refractivity contribution in [1.82, 2.24) is 19.5 Å². The molecular weight excluding hydrogens is 394 g/mol. The number of nitrogens with zero attached hydrogens (tertiary/aromatic N) is 5. The number of rotatable bonds is 3. The molecule has 2 N–H and O–H groups in total. The van der Waals surface area contributed by atoms with Gasteiger partial charge >= 0.3 is 7.82 Å². The zero-order valence-corrected chi connectivity index (χ0v) is 16.2. The molecule has 0 bridgehead atoms. The van der Waals surface area contributed by atoms with Crippen LogP contribution in [0.5, 0.6) is 0 Å². The Hall–Kier alpha value is -1.85. The minimum atomic E-state index is -3.82. The van der Waals surface area contributed by atoms with Gasteiger partial charge in [0.1, 0.15) is 12.2 Å². The second-order valence-corrected chi connectivity index (χ2v) is 8.93. The molecule has 0 aliphatic carbocycles. The SMILES string of the molecule is CO[P@]1(=O)OC[C@H]2O[C@@H](n3cnc4c(N5CCC5)nc(N)nc43)[C@](C)(F)[C@@H]2O1.